The van der Waals surface area contributed by atoms with E-state index in [9.17, 15) is 23.2 Å². The largest absolute Gasteiger partial charge is 0.463 e. The summed E-state index contributed by atoms with van der Waals surface area (Å²) in [6.07, 6.45) is 3.05. The summed E-state index contributed by atoms with van der Waals surface area (Å²) in [5, 5.41) is 0. The number of halogens is 2. The third-order valence-electron chi connectivity index (χ3n) is 5.49. The topological polar surface area (TPSA) is 66.9 Å². The standard InChI is InChI=1S/C20H24F2N2O4/c1-14(25)28-13-20(12-18(26)23-8-2-3-9-23)7-4-10-24(20)19(27)15-5-6-16(21)17(22)11-15/h5-6,11H,2-4,7-10,12-13H2,1H3. The van der Waals surface area contributed by atoms with Crippen LogP contribution in [0.1, 0.15) is 49.4 Å². The van der Waals surface area contributed by atoms with Gasteiger partial charge in [0, 0.05) is 32.1 Å². The second kappa shape index (κ2) is 8.24. The van der Waals surface area contributed by atoms with E-state index in [-0.39, 0.29) is 24.5 Å². The molecule has 3 rings (SSSR count). The van der Waals surface area contributed by atoms with Gasteiger partial charge in [0.05, 0.1) is 12.0 Å². The van der Waals surface area contributed by atoms with Crippen LogP contribution in [0.4, 0.5) is 8.78 Å². The Kier molecular flexibility index (Phi) is 5.96. The van der Waals surface area contributed by atoms with Crippen molar-refractivity contribution in [2.45, 2.75) is 44.6 Å². The molecule has 0 aliphatic carbocycles. The summed E-state index contributed by atoms with van der Waals surface area (Å²) in [6, 6.07) is 2.98. The zero-order valence-electron chi connectivity index (χ0n) is 15.9. The minimum atomic E-state index is -1.11. The minimum absolute atomic E-state index is 0.00150. The van der Waals surface area contributed by atoms with Crippen molar-refractivity contribution >= 4 is 17.8 Å². The highest BCUT2D eigenvalue weighted by atomic mass is 19.2. The predicted molar refractivity (Wildman–Crippen MR) is 96.4 cm³/mol. The number of benzene rings is 1. The molecule has 152 valence electrons. The molecule has 8 heteroatoms. The van der Waals surface area contributed by atoms with Gasteiger partial charge in [-0.05, 0) is 43.9 Å². The molecule has 2 amide bonds. The van der Waals surface area contributed by atoms with Gasteiger partial charge in [-0.25, -0.2) is 8.78 Å². The molecule has 0 N–H and O–H groups in total. The van der Waals surface area contributed by atoms with Crippen LogP contribution < -0.4 is 0 Å². The molecule has 1 unspecified atom stereocenters. The molecule has 2 fully saturated rings. The van der Waals surface area contributed by atoms with Gasteiger partial charge >= 0.3 is 5.97 Å². The molecule has 2 saturated heterocycles. The first-order valence-corrected chi connectivity index (χ1v) is 9.50. The van der Waals surface area contributed by atoms with Gasteiger partial charge in [0.15, 0.2) is 11.6 Å². The fraction of sp³-hybridized carbons (Fsp3) is 0.550. The lowest BCUT2D eigenvalue weighted by Gasteiger charge is -2.38. The number of carbonyl (C=O) groups excluding carboxylic acids is 3. The van der Waals surface area contributed by atoms with Crippen LogP contribution in [0.25, 0.3) is 0 Å². The minimum Gasteiger partial charge on any atom is -0.463 e. The summed E-state index contributed by atoms with van der Waals surface area (Å²) in [6.45, 7) is 2.88. The Bertz CT molecular complexity index is 779. The van der Waals surface area contributed by atoms with Crippen LogP contribution in [0.2, 0.25) is 0 Å². The number of hydrogen-bond donors (Lipinski definition) is 0. The highest BCUT2D eigenvalue weighted by Gasteiger charge is 2.47. The number of ether oxygens (including phenoxy) is 1. The van der Waals surface area contributed by atoms with Gasteiger partial charge in [0.2, 0.25) is 5.91 Å². The van der Waals surface area contributed by atoms with E-state index in [2.05, 4.69) is 0 Å². The molecule has 28 heavy (non-hydrogen) atoms. The van der Waals surface area contributed by atoms with Gasteiger partial charge < -0.3 is 14.5 Å². The van der Waals surface area contributed by atoms with Crippen LogP contribution in [0.15, 0.2) is 18.2 Å². The van der Waals surface area contributed by atoms with Crippen molar-refractivity contribution in [1.82, 2.24) is 9.80 Å². The quantitative estimate of drug-likeness (QED) is 0.720. The zero-order chi connectivity index (χ0) is 20.3. The molecule has 0 spiro atoms. The first-order chi connectivity index (χ1) is 13.3. The maximum absolute atomic E-state index is 13.6. The first-order valence-electron chi connectivity index (χ1n) is 9.50. The van der Waals surface area contributed by atoms with Crippen molar-refractivity contribution in [2.75, 3.05) is 26.2 Å². The van der Waals surface area contributed by atoms with E-state index >= 15 is 0 Å². The Labute approximate surface area is 162 Å². The molecule has 2 aliphatic heterocycles. The summed E-state index contributed by atoms with van der Waals surface area (Å²) in [5.74, 6) is -3.23. The van der Waals surface area contributed by atoms with Crippen LogP contribution in [0, 0.1) is 11.6 Å². The smallest absolute Gasteiger partial charge is 0.302 e. The summed E-state index contributed by atoms with van der Waals surface area (Å²) in [5.41, 5.74) is -0.977. The number of amides is 2. The molecule has 2 aliphatic rings. The summed E-state index contributed by atoms with van der Waals surface area (Å²) < 4.78 is 32.1. The molecular weight excluding hydrogens is 370 g/mol. The Hall–Kier alpha value is -2.51. The summed E-state index contributed by atoms with van der Waals surface area (Å²) >= 11 is 0. The molecule has 1 aromatic carbocycles. The van der Waals surface area contributed by atoms with Crippen LogP contribution in [0.3, 0.4) is 0 Å². The molecule has 1 atom stereocenters. The van der Waals surface area contributed by atoms with Gasteiger partial charge in [0.1, 0.15) is 6.61 Å². The Morgan fingerprint density at radius 1 is 1.07 bits per heavy atom. The van der Waals surface area contributed by atoms with Crippen LogP contribution in [0.5, 0.6) is 0 Å². The summed E-state index contributed by atoms with van der Waals surface area (Å²) in [7, 11) is 0. The lowest BCUT2D eigenvalue weighted by molar-refractivity contribution is -0.147. The molecule has 1 aromatic rings. The van der Waals surface area contributed by atoms with Crippen molar-refractivity contribution < 1.29 is 27.9 Å². The second-order valence-corrected chi connectivity index (χ2v) is 7.46. The van der Waals surface area contributed by atoms with E-state index in [1.54, 1.807) is 4.90 Å². The van der Waals surface area contributed by atoms with Gasteiger partial charge in [-0.2, -0.15) is 0 Å². The lowest BCUT2D eigenvalue weighted by atomic mass is 9.91. The van der Waals surface area contributed by atoms with E-state index in [0.29, 0.717) is 32.5 Å². The van der Waals surface area contributed by atoms with E-state index in [0.717, 1.165) is 25.0 Å². The Morgan fingerprint density at radius 2 is 1.79 bits per heavy atom. The van der Waals surface area contributed by atoms with Crippen molar-refractivity contribution in [3.63, 3.8) is 0 Å². The van der Waals surface area contributed by atoms with Gasteiger partial charge in [0.25, 0.3) is 5.91 Å². The van der Waals surface area contributed by atoms with Gasteiger partial charge in [-0.3, -0.25) is 14.4 Å². The fourth-order valence-corrected chi connectivity index (χ4v) is 4.02. The van der Waals surface area contributed by atoms with Crippen molar-refractivity contribution in [2.24, 2.45) is 0 Å². The number of hydrogen-bond acceptors (Lipinski definition) is 4. The highest BCUT2D eigenvalue weighted by molar-refractivity contribution is 5.95. The average molecular weight is 394 g/mol. The van der Waals surface area contributed by atoms with Crippen molar-refractivity contribution in [3.05, 3.63) is 35.4 Å². The fourth-order valence-electron chi connectivity index (χ4n) is 4.02. The molecular formula is C20H24F2N2O4. The molecule has 6 nitrogen and oxygen atoms in total. The number of likely N-dealkylation sites (tertiary alicyclic amines) is 2. The van der Waals surface area contributed by atoms with Crippen LogP contribution in [-0.2, 0) is 14.3 Å². The highest BCUT2D eigenvalue weighted by Crippen LogP contribution is 2.35. The van der Waals surface area contributed by atoms with Crippen molar-refractivity contribution in [3.8, 4) is 0 Å². The number of nitrogens with zero attached hydrogens (tertiary/aromatic N) is 2. The first kappa shape index (κ1) is 20.2. The Morgan fingerprint density at radius 3 is 2.43 bits per heavy atom. The van der Waals surface area contributed by atoms with Gasteiger partial charge in [-0.1, -0.05) is 0 Å². The average Bonchev–Trinajstić information content (AvgIpc) is 3.32. The van der Waals surface area contributed by atoms with Crippen LogP contribution >= 0.6 is 0 Å². The molecule has 2 heterocycles. The van der Waals surface area contributed by atoms with Gasteiger partial charge in [-0.15, -0.1) is 0 Å². The number of esters is 1. The maximum atomic E-state index is 13.6. The molecule has 0 saturated carbocycles. The molecule has 0 radical (unpaired) electrons. The third-order valence-corrected chi connectivity index (χ3v) is 5.49. The third kappa shape index (κ3) is 4.15. The zero-order valence-corrected chi connectivity index (χ0v) is 15.9. The molecule has 0 aromatic heterocycles. The van der Waals surface area contributed by atoms with Crippen molar-refractivity contribution in [1.29, 1.82) is 0 Å². The van der Waals surface area contributed by atoms with E-state index in [4.69, 9.17) is 4.74 Å². The predicted octanol–water partition coefficient (Wildman–Crippen LogP) is 2.52. The van der Waals surface area contributed by atoms with E-state index in [1.807, 2.05) is 0 Å². The normalized spacial score (nSPS) is 21.8. The van der Waals surface area contributed by atoms with E-state index in [1.165, 1.54) is 17.9 Å². The SMILES string of the molecule is CC(=O)OCC1(CC(=O)N2CCCC2)CCCN1C(=O)c1ccc(F)c(F)c1. The second-order valence-electron chi connectivity index (χ2n) is 7.46. The van der Waals surface area contributed by atoms with E-state index < -0.39 is 29.0 Å². The maximum Gasteiger partial charge on any atom is 0.302 e. The monoisotopic (exact) mass is 394 g/mol. The Balaban J connectivity index is 1.87. The van der Waals surface area contributed by atoms with Crippen LogP contribution in [-0.4, -0.2) is 59.4 Å². The number of rotatable bonds is 5. The molecule has 0 bridgehead atoms. The summed E-state index contributed by atoms with van der Waals surface area (Å²) in [4.78, 5) is 40.5. The lowest BCUT2D eigenvalue weighted by Crippen LogP contribution is -2.53. The number of carbonyl (C=O) groups is 3.